The number of benzene rings is 2. The van der Waals surface area contributed by atoms with Gasteiger partial charge in [0.15, 0.2) is 5.82 Å². The Balaban J connectivity index is 1.57. The van der Waals surface area contributed by atoms with E-state index in [1.54, 1.807) is 18.5 Å². The van der Waals surface area contributed by atoms with Crippen LogP contribution in [0.2, 0.25) is 0 Å². The molecule has 1 amide bonds. The Kier molecular flexibility index (Phi) is 5.75. The van der Waals surface area contributed by atoms with Gasteiger partial charge in [-0.2, -0.15) is 0 Å². The van der Waals surface area contributed by atoms with Gasteiger partial charge in [0.05, 0.1) is 0 Å². The fraction of sp³-hybridized carbons (Fsp3) is 0.167. The van der Waals surface area contributed by atoms with Crippen molar-refractivity contribution >= 4 is 11.6 Å². The van der Waals surface area contributed by atoms with Crippen LogP contribution in [0.1, 0.15) is 23.1 Å². The standard InChI is InChI=1S/C24H22N4O3/c1-15-3-4-17(11-16(15)2)5-6-22(29)26-21-13-19(18-7-9-25-10-8-18)12-20(14-21)23-27-24(30)31-28-23/h3-4,7-14H,5-6H2,1-2H3,(H,26,29)(H,27,28,30). The predicted octanol–water partition coefficient (Wildman–Crippen LogP) is 4.28. The van der Waals surface area contributed by atoms with Crippen molar-refractivity contribution in [3.05, 3.63) is 88.2 Å². The van der Waals surface area contributed by atoms with Gasteiger partial charge in [0, 0.05) is 30.1 Å². The number of hydrogen-bond acceptors (Lipinski definition) is 5. The summed E-state index contributed by atoms with van der Waals surface area (Å²) < 4.78 is 4.63. The second-order valence-corrected chi connectivity index (χ2v) is 7.45. The SMILES string of the molecule is Cc1ccc(CCC(=O)Nc2cc(-c3ccncc3)cc(-c3noc(=O)[nH]3)c2)cc1C. The number of pyridine rings is 1. The van der Waals surface area contributed by atoms with Crippen molar-refractivity contribution in [2.45, 2.75) is 26.7 Å². The number of carbonyl (C=O) groups excluding carboxylic acids is 1. The lowest BCUT2D eigenvalue weighted by Crippen LogP contribution is -2.12. The molecular formula is C24H22N4O3. The van der Waals surface area contributed by atoms with Gasteiger partial charge in [-0.3, -0.25) is 19.3 Å². The smallest absolute Gasteiger partial charge is 0.326 e. The van der Waals surface area contributed by atoms with E-state index in [2.05, 4.69) is 57.0 Å². The van der Waals surface area contributed by atoms with E-state index in [1.165, 1.54) is 11.1 Å². The van der Waals surface area contributed by atoms with Crippen molar-refractivity contribution in [2.75, 3.05) is 5.32 Å². The van der Waals surface area contributed by atoms with Crippen molar-refractivity contribution in [3.63, 3.8) is 0 Å². The second-order valence-electron chi connectivity index (χ2n) is 7.45. The maximum atomic E-state index is 12.6. The van der Waals surface area contributed by atoms with Crippen molar-refractivity contribution in [1.82, 2.24) is 15.1 Å². The van der Waals surface area contributed by atoms with Crippen molar-refractivity contribution < 1.29 is 9.32 Å². The van der Waals surface area contributed by atoms with Gasteiger partial charge in [0.25, 0.3) is 0 Å². The molecule has 2 aromatic carbocycles. The number of nitrogens with zero attached hydrogens (tertiary/aromatic N) is 2. The Bertz CT molecular complexity index is 1280. The van der Waals surface area contributed by atoms with Crippen LogP contribution >= 0.6 is 0 Å². The van der Waals surface area contributed by atoms with E-state index in [9.17, 15) is 9.59 Å². The van der Waals surface area contributed by atoms with Crippen LogP contribution in [0.3, 0.4) is 0 Å². The lowest BCUT2D eigenvalue weighted by Gasteiger charge is -2.11. The summed E-state index contributed by atoms with van der Waals surface area (Å²) in [7, 11) is 0. The van der Waals surface area contributed by atoms with Gasteiger partial charge < -0.3 is 5.32 Å². The van der Waals surface area contributed by atoms with Gasteiger partial charge in [0.1, 0.15) is 0 Å². The molecule has 0 unspecified atom stereocenters. The normalized spacial score (nSPS) is 10.8. The second kappa shape index (κ2) is 8.79. The predicted molar refractivity (Wildman–Crippen MR) is 119 cm³/mol. The van der Waals surface area contributed by atoms with E-state index >= 15 is 0 Å². The number of rotatable bonds is 6. The number of aromatic amines is 1. The molecule has 2 N–H and O–H groups in total. The van der Waals surface area contributed by atoms with Crippen LogP contribution in [-0.2, 0) is 11.2 Å². The largest absolute Gasteiger partial charge is 0.439 e. The highest BCUT2D eigenvalue weighted by molar-refractivity contribution is 5.92. The van der Waals surface area contributed by atoms with Crippen LogP contribution in [-0.4, -0.2) is 21.0 Å². The molecular weight excluding hydrogens is 392 g/mol. The third kappa shape index (κ3) is 4.95. The van der Waals surface area contributed by atoms with Gasteiger partial charge in [-0.1, -0.05) is 23.4 Å². The fourth-order valence-corrected chi connectivity index (χ4v) is 3.34. The van der Waals surface area contributed by atoms with Crippen LogP contribution < -0.4 is 11.1 Å². The Morgan fingerprint density at radius 2 is 1.74 bits per heavy atom. The summed E-state index contributed by atoms with van der Waals surface area (Å²) >= 11 is 0. The summed E-state index contributed by atoms with van der Waals surface area (Å²) in [5.74, 6) is -0.431. The molecule has 2 heterocycles. The molecule has 4 rings (SSSR count). The number of aromatic nitrogens is 3. The molecule has 0 fully saturated rings. The lowest BCUT2D eigenvalue weighted by molar-refractivity contribution is -0.116. The van der Waals surface area contributed by atoms with Gasteiger partial charge in [-0.25, -0.2) is 4.79 Å². The molecule has 2 aromatic heterocycles. The number of anilines is 1. The summed E-state index contributed by atoms with van der Waals surface area (Å²) in [5, 5.41) is 6.72. The Hall–Kier alpha value is -4.00. The van der Waals surface area contributed by atoms with Crippen molar-refractivity contribution in [2.24, 2.45) is 0 Å². The van der Waals surface area contributed by atoms with E-state index < -0.39 is 5.76 Å². The topological polar surface area (TPSA) is 101 Å². The third-order valence-electron chi connectivity index (χ3n) is 5.16. The number of hydrogen-bond donors (Lipinski definition) is 2. The molecule has 0 saturated carbocycles. The molecule has 0 aliphatic heterocycles. The molecule has 0 spiro atoms. The number of H-pyrrole nitrogens is 1. The number of nitrogens with one attached hydrogen (secondary N) is 2. The molecule has 0 bridgehead atoms. The van der Waals surface area contributed by atoms with Crippen LogP contribution in [0.25, 0.3) is 22.5 Å². The Labute approximate surface area is 179 Å². The van der Waals surface area contributed by atoms with Crippen LogP contribution in [0, 0.1) is 13.8 Å². The third-order valence-corrected chi connectivity index (χ3v) is 5.16. The van der Waals surface area contributed by atoms with E-state index in [1.807, 2.05) is 24.3 Å². The van der Waals surface area contributed by atoms with Gasteiger partial charge in [0.2, 0.25) is 5.91 Å². The first-order valence-electron chi connectivity index (χ1n) is 9.96. The zero-order valence-corrected chi connectivity index (χ0v) is 17.3. The molecule has 0 radical (unpaired) electrons. The first-order valence-corrected chi connectivity index (χ1v) is 9.96. The maximum absolute atomic E-state index is 12.6. The minimum atomic E-state index is -0.636. The zero-order chi connectivity index (χ0) is 21.8. The summed E-state index contributed by atoms with van der Waals surface area (Å²) in [6, 6.07) is 15.5. The van der Waals surface area contributed by atoms with E-state index in [0.717, 1.165) is 16.7 Å². The van der Waals surface area contributed by atoms with Crippen molar-refractivity contribution in [3.8, 4) is 22.5 Å². The van der Waals surface area contributed by atoms with Crippen LogP contribution in [0.5, 0.6) is 0 Å². The Morgan fingerprint density at radius 3 is 2.45 bits per heavy atom. The highest BCUT2D eigenvalue weighted by Crippen LogP contribution is 2.28. The molecule has 0 aliphatic rings. The molecule has 0 aliphatic carbocycles. The first kappa shape index (κ1) is 20.3. The van der Waals surface area contributed by atoms with E-state index in [0.29, 0.717) is 29.9 Å². The van der Waals surface area contributed by atoms with Gasteiger partial charge >= 0.3 is 5.76 Å². The molecule has 156 valence electrons. The number of amides is 1. The minimum absolute atomic E-state index is 0.0929. The van der Waals surface area contributed by atoms with Crippen LogP contribution in [0.15, 0.2) is 70.2 Å². The maximum Gasteiger partial charge on any atom is 0.439 e. The average Bonchev–Trinajstić information content (AvgIpc) is 3.21. The fourth-order valence-electron chi connectivity index (χ4n) is 3.34. The first-order chi connectivity index (χ1) is 15.0. The summed E-state index contributed by atoms with van der Waals surface area (Å²) in [5.41, 5.74) is 6.60. The quantitative estimate of drug-likeness (QED) is 0.490. The Morgan fingerprint density at radius 1 is 0.968 bits per heavy atom. The molecule has 7 nitrogen and oxygen atoms in total. The molecule has 0 atom stereocenters. The molecule has 7 heteroatoms. The van der Waals surface area contributed by atoms with E-state index in [-0.39, 0.29) is 5.91 Å². The highest BCUT2D eigenvalue weighted by atomic mass is 16.5. The van der Waals surface area contributed by atoms with Gasteiger partial charge in [-0.15, -0.1) is 0 Å². The minimum Gasteiger partial charge on any atom is -0.326 e. The van der Waals surface area contributed by atoms with Crippen LogP contribution in [0.4, 0.5) is 5.69 Å². The summed E-state index contributed by atoms with van der Waals surface area (Å²) in [6.07, 6.45) is 4.40. The molecule has 31 heavy (non-hydrogen) atoms. The zero-order valence-electron chi connectivity index (χ0n) is 17.3. The summed E-state index contributed by atoms with van der Waals surface area (Å²) in [6.45, 7) is 4.14. The average molecular weight is 414 g/mol. The highest BCUT2D eigenvalue weighted by Gasteiger charge is 2.11. The van der Waals surface area contributed by atoms with E-state index in [4.69, 9.17) is 0 Å². The lowest BCUT2D eigenvalue weighted by atomic mass is 10.0. The number of aryl methyl sites for hydroxylation is 3. The summed E-state index contributed by atoms with van der Waals surface area (Å²) in [4.78, 5) is 30.6. The molecule has 4 aromatic rings. The monoisotopic (exact) mass is 414 g/mol. The van der Waals surface area contributed by atoms with Gasteiger partial charge in [-0.05, 0) is 78.4 Å². The molecule has 0 saturated heterocycles. The van der Waals surface area contributed by atoms with Crippen molar-refractivity contribution in [1.29, 1.82) is 0 Å². The number of carbonyl (C=O) groups is 1.